The van der Waals surface area contributed by atoms with Crippen molar-refractivity contribution < 1.29 is 33.0 Å². The number of benzene rings is 2. The van der Waals surface area contributed by atoms with Crippen LogP contribution in [0.5, 0.6) is 11.5 Å². The molecule has 2 rings (SSSR count). The van der Waals surface area contributed by atoms with E-state index in [0.717, 1.165) is 6.07 Å². The van der Waals surface area contributed by atoms with E-state index in [4.69, 9.17) is 14.2 Å². The first-order valence-electron chi connectivity index (χ1n) is 9.72. The number of nitrogens with one attached hydrogen (secondary N) is 2. The van der Waals surface area contributed by atoms with Gasteiger partial charge in [-0.3, -0.25) is 10.1 Å². The summed E-state index contributed by atoms with van der Waals surface area (Å²) in [6.07, 6.45) is 0. The molecular formula is C22H25FN2O6. The van der Waals surface area contributed by atoms with E-state index in [9.17, 15) is 18.8 Å². The van der Waals surface area contributed by atoms with Gasteiger partial charge in [0.05, 0.1) is 24.5 Å². The molecule has 0 radical (unpaired) electrons. The number of hydrogen-bond donors (Lipinski definition) is 2. The second kappa shape index (κ2) is 11.5. The topological polar surface area (TPSA) is 103 Å². The van der Waals surface area contributed by atoms with Crippen molar-refractivity contribution in [3.8, 4) is 11.5 Å². The lowest BCUT2D eigenvalue weighted by Crippen LogP contribution is -2.37. The summed E-state index contributed by atoms with van der Waals surface area (Å²) in [7, 11) is 0. The van der Waals surface area contributed by atoms with E-state index in [2.05, 4.69) is 5.32 Å². The van der Waals surface area contributed by atoms with Gasteiger partial charge in [-0.25, -0.2) is 14.0 Å². The fourth-order valence-corrected chi connectivity index (χ4v) is 2.37. The minimum Gasteiger partial charge on any atom is -0.490 e. The Bertz CT molecular complexity index is 932. The fourth-order valence-electron chi connectivity index (χ4n) is 2.37. The number of rotatable bonds is 9. The Labute approximate surface area is 179 Å². The van der Waals surface area contributed by atoms with E-state index < -0.39 is 30.3 Å². The maximum Gasteiger partial charge on any atom is 0.338 e. The highest BCUT2D eigenvalue weighted by Gasteiger charge is 2.16. The summed E-state index contributed by atoms with van der Waals surface area (Å²) in [6, 6.07) is 9.08. The predicted octanol–water partition coefficient (Wildman–Crippen LogP) is 3.76. The van der Waals surface area contributed by atoms with Gasteiger partial charge < -0.3 is 19.5 Å². The zero-order chi connectivity index (χ0) is 22.8. The minimum atomic E-state index is -0.948. The fraction of sp³-hybridized carbons (Fsp3) is 0.318. The van der Waals surface area contributed by atoms with Crippen LogP contribution in [0.25, 0.3) is 0 Å². The van der Waals surface area contributed by atoms with Crippen molar-refractivity contribution in [1.82, 2.24) is 5.32 Å². The Balaban J connectivity index is 1.90. The van der Waals surface area contributed by atoms with Gasteiger partial charge in [0.25, 0.3) is 5.91 Å². The van der Waals surface area contributed by atoms with Crippen LogP contribution in [0.3, 0.4) is 0 Å². The van der Waals surface area contributed by atoms with Crippen LogP contribution in [0.2, 0.25) is 0 Å². The molecule has 2 aromatic carbocycles. The summed E-state index contributed by atoms with van der Waals surface area (Å²) in [6.45, 7) is 5.98. The maximum atomic E-state index is 13.5. The van der Waals surface area contributed by atoms with Gasteiger partial charge in [0.1, 0.15) is 5.82 Å². The number of anilines is 1. The van der Waals surface area contributed by atoms with Crippen molar-refractivity contribution in [3.05, 3.63) is 53.8 Å². The Morgan fingerprint density at radius 1 is 1.03 bits per heavy atom. The summed E-state index contributed by atoms with van der Waals surface area (Å²) in [5, 5.41) is 4.14. The molecule has 0 heterocycles. The average Bonchev–Trinajstić information content (AvgIpc) is 2.72. The molecule has 31 heavy (non-hydrogen) atoms. The van der Waals surface area contributed by atoms with Gasteiger partial charge in [-0.2, -0.15) is 0 Å². The normalized spacial score (nSPS) is 10.4. The number of imide groups is 1. The third-order valence-electron chi connectivity index (χ3n) is 3.76. The van der Waals surface area contributed by atoms with Crippen LogP contribution < -0.4 is 20.1 Å². The van der Waals surface area contributed by atoms with Gasteiger partial charge in [-0.05, 0) is 43.2 Å². The second-order valence-electron chi connectivity index (χ2n) is 6.86. The van der Waals surface area contributed by atoms with Crippen molar-refractivity contribution in [3.63, 3.8) is 0 Å². The zero-order valence-corrected chi connectivity index (χ0v) is 17.6. The van der Waals surface area contributed by atoms with Crippen molar-refractivity contribution in [2.24, 2.45) is 5.92 Å². The number of hydrogen-bond acceptors (Lipinski definition) is 6. The molecule has 0 spiro atoms. The smallest absolute Gasteiger partial charge is 0.338 e. The molecule has 0 aliphatic heterocycles. The van der Waals surface area contributed by atoms with E-state index >= 15 is 0 Å². The highest BCUT2D eigenvalue weighted by atomic mass is 19.1. The molecule has 0 bridgehead atoms. The minimum absolute atomic E-state index is 0.0898. The third kappa shape index (κ3) is 7.61. The van der Waals surface area contributed by atoms with E-state index in [1.807, 2.05) is 19.2 Å². The third-order valence-corrected chi connectivity index (χ3v) is 3.76. The van der Waals surface area contributed by atoms with Crippen LogP contribution in [-0.2, 0) is 9.53 Å². The second-order valence-corrected chi connectivity index (χ2v) is 6.86. The van der Waals surface area contributed by atoms with E-state index in [1.54, 1.807) is 13.0 Å². The summed E-state index contributed by atoms with van der Waals surface area (Å²) in [5.74, 6) is -1.11. The van der Waals surface area contributed by atoms with Crippen LogP contribution in [0.15, 0.2) is 42.5 Å². The van der Waals surface area contributed by atoms with Gasteiger partial charge >= 0.3 is 12.0 Å². The SMILES string of the molecule is CCOc1cc(C(=O)OCC(=O)NC(=O)Nc2ccccc2F)ccc1OCC(C)C. The quantitative estimate of drug-likeness (QED) is 0.585. The summed E-state index contributed by atoms with van der Waals surface area (Å²) in [4.78, 5) is 35.9. The number of urea groups is 1. The number of para-hydroxylation sites is 1. The maximum absolute atomic E-state index is 13.5. The molecule has 166 valence electrons. The molecule has 0 unspecified atom stereocenters. The molecule has 0 saturated heterocycles. The highest BCUT2D eigenvalue weighted by molar-refractivity contribution is 6.02. The number of ether oxygens (including phenoxy) is 3. The Kier molecular flexibility index (Phi) is 8.80. The first-order valence-corrected chi connectivity index (χ1v) is 9.72. The van der Waals surface area contributed by atoms with Crippen molar-refractivity contribution in [2.45, 2.75) is 20.8 Å². The largest absolute Gasteiger partial charge is 0.490 e. The first-order chi connectivity index (χ1) is 14.8. The average molecular weight is 432 g/mol. The summed E-state index contributed by atoms with van der Waals surface area (Å²) >= 11 is 0. The highest BCUT2D eigenvalue weighted by Crippen LogP contribution is 2.29. The predicted molar refractivity (Wildman–Crippen MR) is 112 cm³/mol. The molecular weight excluding hydrogens is 407 g/mol. The molecule has 0 fully saturated rings. The van der Waals surface area contributed by atoms with Gasteiger partial charge in [0.15, 0.2) is 18.1 Å². The molecule has 0 aliphatic rings. The van der Waals surface area contributed by atoms with Crippen LogP contribution >= 0.6 is 0 Å². The number of amides is 3. The molecule has 9 heteroatoms. The van der Waals surface area contributed by atoms with Gasteiger partial charge in [-0.1, -0.05) is 26.0 Å². The summed E-state index contributed by atoms with van der Waals surface area (Å²) in [5.41, 5.74) is 0.0666. The summed E-state index contributed by atoms with van der Waals surface area (Å²) < 4.78 is 29.6. The van der Waals surface area contributed by atoms with E-state index in [1.165, 1.54) is 30.3 Å². The molecule has 3 amide bonds. The number of esters is 1. The standard InChI is InChI=1S/C22H25FN2O6/c1-4-29-19-11-15(9-10-18(19)30-12-14(2)3)21(27)31-13-20(26)25-22(28)24-17-8-6-5-7-16(17)23/h5-11,14H,4,12-13H2,1-3H3,(H2,24,25,26,28). The first kappa shape index (κ1) is 23.7. The van der Waals surface area contributed by atoms with E-state index in [-0.39, 0.29) is 11.3 Å². The molecule has 8 nitrogen and oxygen atoms in total. The van der Waals surface area contributed by atoms with Crippen LogP contribution in [0.4, 0.5) is 14.9 Å². The van der Waals surface area contributed by atoms with Crippen LogP contribution in [0.1, 0.15) is 31.1 Å². The molecule has 0 aliphatic carbocycles. The number of halogens is 1. The molecule has 0 saturated carbocycles. The lowest BCUT2D eigenvalue weighted by Gasteiger charge is -2.14. The monoisotopic (exact) mass is 432 g/mol. The zero-order valence-electron chi connectivity index (χ0n) is 17.6. The van der Waals surface area contributed by atoms with Crippen molar-refractivity contribution >= 4 is 23.6 Å². The Morgan fingerprint density at radius 3 is 2.45 bits per heavy atom. The van der Waals surface area contributed by atoms with Gasteiger partial charge in [0.2, 0.25) is 0 Å². The molecule has 0 atom stereocenters. The molecule has 0 aromatic heterocycles. The lowest BCUT2D eigenvalue weighted by atomic mass is 10.2. The number of carbonyl (C=O) groups excluding carboxylic acids is 3. The van der Waals surface area contributed by atoms with Gasteiger partial charge in [0, 0.05) is 0 Å². The Morgan fingerprint density at radius 2 is 1.77 bits per heavy atom. The lowest BCUT2D eigenvalue weighted by molar-refractivity contribution is -0.123. The molecule has 2 N–H and O–H groups in total. The van der Waals surface area contributed by atoms with Crippen molar-refractivity contribution in [1.29, 1.82) is 0 Å². The molecule has 2 aromatic rings. The van der Waals surface area contributed by atoms with E-state index in [0.29, 0.717) is 30.6 Å². The van der Waals surface area contributed by atoms with Gasteiger partial charge in [-0.15, -0.1) is 0 Å². The Hall–Kier alpha value is -3.62. The van der Waals surface area contributed by atoms with Crippen molar-refractivity contribution in [2.75, 3.05) is 25.1 Å². The van der Waals surface area contributed by atoms with Crippen LogP contribution in [-0.4, -0.2) is 37.7 Å². The number of carbonyl (C=O) groups is 3. The van der Waals surface area contributed by atoms with Crippen LogP contribution in [0, 0.1) is 11.7 Å².